The van der Waals surface area contributed by atoms with Crippen molar-refractivity contribution in [2.24, 2.45) is 5.16 Å². The number of carbonyl (C=O) groups is 1. The topological polar surface area (TPSA) is 132 Å². The number of anilines is 1. The molecule has 9 heteroatoms. The third-order valence-corrected chi connectivity index (χ3v) is 6.08. The molecule has 1 saturated carbocycles. The Balaban J connectivity index is 1.64. The van der Waals surface area contributed by atoms with Crippen LogP contribution in [0.3, 0.4) is 0 Å². The highest BCUT2D eigenvalue weighted by molar-refractivity contribution is 6.15. The van der Waals surface area contributed by atoms with Crippen LogP contribution in [-0.2, 0) is 10.3 Å². The van der Waals surface area contributed by atoms with Gasteiger partial charge in [0.25, 0.3) is 0 Å². The second-order valence-corrected chi connectivity index (χ2v) is 8.48. The zero-order valence-electron chi connectivity index (χ0n) is 17.9. The molecule has 1 aromatic heterocycles. The summed E-state index contributed by atoms with van der Waals surface area (Å²) in [4.78, 5) is 24.7. The monoisotopic (exact) mass is 425 g/mol. The molecule has 2 aliphatic rings. The maximum absolute atomic E-state index is 10.8. The molecule has 0 unspecified atom stereocenters. The van der Waals surface area contributed by atoms with Gasteiger partial charge in [0.1, 0.15) is 25.0 Å². The average molecular weight is 425 g/mol. The molecule has 31 heavy (non-hydrogen) atoms. The van der Waals surface area contributed by atoms with Crippen molar-refractivity contribution in [3.8, 4) is 17.0 Å². The lowest BCUT2D eigenvalue weighted by Crippen LogP contribution is -2.39. The van der Waals surface area contributed by atoms with E-state index in [0.29, 0.717) is 5.82 Å². The lowest BCUT2D eigenvalue weighted by Gasteiger charge is -2.35. The number of fused-ring (bicyclic) bond motifs is 3. The Morgan fingerprint density at radius 1 is 1.23 bits per heavy atom. The van der Waals surface area contributed by atoms with Gasteiger partial charge in [0, 0.05) is 28.1 Å². The second kappa shape index (κ2) is 8.05. The third kappa shape index (κ3) is 3.87. The van der Waals surface area contributed by atoms with Gasteiger partial charge in [0.2, 0.25) is 0 Å². The molecule has 164 valence electrons. The number of benzene rings is 1. The molecule has 1 fully saturated rings. The predicted octanol–water partition coefficient (Wildman–Crippen LogP) is 3.33. The molecule has 4 rings (SSSR count). The highest BCUT2D eigenvalue weighted by Crippen LogP contribution is 2.45. The van der Waals surface area contributed by atoms with E-state index in [1.54, 1.807) is 0 Å². The number of rotatable bonds is 4. The molecule has 0 spiro atoms. The Labute approximate surface area is 180 Å². The quantitative estimate of drug-likeness (QED) is 0.640. The van der Waals surface area contributed by atoms with Gasteiger partial charge in [-0.1, -0.05) is 5.16 Å². The molecule has 1 aromatic carbocycles. The smallest absolute Gasteiger partial charge is 0.404 e. The number of amides is 1. The molecule has 0 saturated heterocycles. The first-order valence-corrected chi connectivity index (χ1v) is 10.3. The van der Waals surface area contributed by atoms with Crippen LogP contribution in [0, 0.1) is 0 Å². The van der Waals surface area contributed by atoms with E-state index in [4.69, 9.17) is 20.4 Å². The zero-order chi connectivity index (χ0) is 22.2. The largest absolute Gasteiger partial charge is 0.490 e. The summed E-state index contributed by atoms with van der Waals surface area (Å²) in [6.45, 7) is 4.05. The molecule has 0 aliphatic heterocycles. The highest BCUT2D eigenvalue weighted by Gasteiger charge is 2.41. The van der Waals surface area contributed by atoms with Crippen LogP contribution >= 0.6 is 0 Å². The van der Waals surface area contributed by atoms with Gasteiger partial charge in [-0.05, 0) is 57.7 Å². The Morgan fingerprint density at radius 2 is 1.97 bits per heavy atom. The van der Waals surface area contributed by atoms with Gasteiger partial charge in [0.15, 0.2) is 0 Å². The SMILES string of the molecule is CO/N=C1\c2cc(O[C@H]3CC[C@H](NC(=O)O)CC3)ccc2-c2ncnc(N)c2C1(C)C. The second-order valence-electron chi connectivity index (χ2n) is 8.48. The predicted molar refractivity (Wildman–Crippen MR) is 116 cm³/mol. The summed E-state index contributed by atoms with van der Waals surface area (Å²) in [6.07, 6.45) is 3.63. The summed E-state index contributed by atoms with van der Waals surface area (Å²) < 4.78 is 6.25. The summed E-state index contributed by atoms with van der Waals surface area (Å²) in [5.41, 5.74) is 9.80. The minimum atomic E-state index is -0.976. The molecular formula is C22H27N5O4. The Hall–Kier alpha value is -3.36. The first-order valence-electron chi connectivity index (χ1n) is 10.3. The molecule has 0 bridgehead atoms. The lowest BCUT2D eigenvalue weighted by atomic mass is 9.70. The van der Waals surface area contributed by atoms with Crippen molar-refractivity contribution >= 4 is 17.6 Å². The van der Waals surface area contributed by atoms with E-state index in [-0.39, 0.29) is 12.1 Å². The fraction of sp³-hybridized carbons (Fsp3) is 0.455. The Bertz CT molecular complexity index is 1030. The van der Waals surface area contributed by atoms with Gasteiger partial charge in [0.05, 0.1) is 17.5 Å². The summed E-state index contributed by atoms with van der Waals surface area (Å²) in [6, 6.07) is 5.85. The average Bonchev–Trinajstić information content (AvgIpc) is 2.72. The number of aromatic nitrogens is 2. The molecular weight excluding hydrogens is 398 g/mol. The number of nitrogen functional groups attached to an aromatic ring is 1. The van der Waals surface area contributed by atoms with Gasteiger partial charge in [-0.25, -0.2) is 14.8 Å². The molecule has 0 radical (unpaired) electrons. The van der Waals surface area contributed by atoms with E-state index in [2.05, 4.69) is 20.4 Å². The summed E-state index contributed by atoms with van der Waals surface area (Å²) in [5, 5.41) is 15.8. The van der Waals surface area contributed by atoms with Crippen LogP contribution in [0.5, 0.6) is 5.75 Å². The third-order valence-electron chi connectivity index (χ3n) is 6.08. The van der Waals surface area contributed by atoms with Crippen molar-refractivity contribution in [1.82, 2.24) is 15.3 Å². The summed E-state index contributed by atoms with van der Waals surface area (Å²) in [7, 11) is 1.52. The minimum absolute atomic E-state index is 0.0104. The Morgan fingerprint density at radius 3 is 2.65 bits per heavy atom. The normalized spacial score (nSPS) is 22.9. The molecule has 2 aromatic rings. The van der Waals surface area contributed by atoms with Gasteiger partial charge in [-0.15, -0.1) is 0 Å². The van der Waals surface area contributed by atoms with Crippen LogP contribution in [0.4, 0.5) is 10.6 Å². The molecule has 4 N–H and O–H groups in total. The highest BCUT2D eigenvalue weighted by atomic mass is 16.6. The number of hydrogen-bond acceptors (Lipinski definition) is 7. The van der Waals surface area contributed by atoms with Gasteiger partial charge in [-0.2, -0.15) is 0 Å². The van der Waals surface area contributed by atoms with E-state index in [1.807, 2.05) is 32.0 Å². The number of nitrogens with zero attached hydrogens (tertiary/aromatic N) is 3. The first kappa shape index (κ1) is 20.9. The fourth-order valence-corrected chi connectivity index (χ4v) is 4.62. The van der Waals surface area contributed by atoms with E-state index >= 15 is 0 Å². The Kier molecular flexibility index (Phi) is 5.43. The maximum atomic E-state index is 10.8. The number of ether oxygens (including phenoxy) is 1. The van der Waals surface area contributed by atoms with E-state index in [9.17, 15) is 4.79 Å². The van der Waals surface area contributed by atoms with Gasteiger partial charge in [-0.3, -0.25) is 0 Å². The first-order chi connectivity index (χ1) is 14.8. The fourth-order valence-electron chi connectivity index (χ4n) is 4.62. The number of carboxylic acid groups (broad SMARTS) is 1. The molecule has 0 atom stereocenters. The number of nitrogens with one attached hydrogen (secondary N) is 1. The van der Waals surface area contributed by atoms with Crippen LogP contribution in [0.1, 0.15) is 50.7 Å². The van der Waals surface area contributed by atoms with Crippen LogP contribution in [-0.4, -0.2) is 46.1 Å². The number of nitrogens with two attached hydrogens (primary N) is 1. The van der Waals surface area contributed by atoms with Crippen molar-refractivity contribution in [3.63, 3.8) is 0 Å². The zero-order valence-corrected chi connectivity index (χ0v) is 17.9. The van der Waals surface area contributed by atoms with Crippen LogP contribution < -0.4 is 15.8 Å². The summed E-state index contributed by atoms with van der Waals surface area (Å²) in [5.74, 6) is 1.16. The summed E-state index contributed by atoms with van der Waals surface area (Å²) >= 11 is 0. The van der Waals surface area contributed by atoms with Crippen LogP contribution in [0.25, 0.3) is 11.3 Å². The number of hydrogen-bond donors (Lipinski definition) is 3. The van der Waals surface area contributed by atoms with Crippen molar-refractivity contribution in [2.45, 2.75) is 57.1 Å². The van der Waals surface area contributed by atoms with Crippen LogP contribution in [0.2, 0.25) is 0 Å². The van der Waals surface area contributed by atoms with Gasteiger partial charge < -0.3 is 25.7 Å². The minimum Gasteiger partial charge on any atom is -0.490 e. The van der Waals surface area contributed by atoms with Crippen LogP contribution in [0.15, 0.2) is 29.7 Å². The molecule has 1 heterocycles. The maximum Gasteiger partial charge on any atom is 0.404 e. The lowest BCUT2D eigenvalue weighted by molar-refractivity contribution is 0.134. The van der Waals surface area contributed by atoms with Crippen molar-refractivity contribution in [1.29, 1.82) is 0 Å². The van der Waals surface area contributed by atoms with Gasteiger partial charge >= 0.3 is 6.09 Å². The molecule has 9 nitrogen and oxygen atoms in total. The molecule has 2 aliphatic carbocycles. The molecule has 1 amide bonds. The number of oxime groups is 1. The van der Waals surface area contributed by atoms with Crippen molar-refractivity contribution in [2.75, 3.05) is 12.8 Å². The van der Waals surface area contributed by atoms with Crippen molar-refractivity contribution in [3.05, 3.63) is 35.7 Å². The van der Waals surface area contributed by atoms with E-state index < -0.39 is 11.5 Å². The van der Waals surface area contributed by atoms with E-state index in [1.165, 1.54) is 13.4 Å². The van der Waals surface area contributed by atoms with Crippen molar-refractivity contribution < 1.29 is 19.5 Å². The van der Waals surface area contributed by atoms with E-state index in [0.717, 1.165) is 59.5 Å². The standard InChI is InChI=1S/C22H27N5O4/c1-22(2)17-18(24-11-25-20(17)23)15-9-8-14(10-16(15)19(22)27-30-3)31-13-6-4-12(5-7-13)26-21(28)29/h8-13,26H,4-7H2,1-3H3,(H,28,29)(H2,23,24,25)/b27-19+/t12-,13-.